The van der Waals surface area contributed by atoms with Crippen LogP contribution in [0.15, 0.2) is 54.7 Å². The monoisotopic (exact) mass is 355 g/mol. The molecular formula is C20H25N3O3. The van der Waals surface area contributed by atoms with Crippen LogP contribution in [-0.2, 0) is 9.53 Å². The minimum Gasteiger partial charge on any atom is -0.493 e. The largest absolute Gasteiger partial charge is 0.493 e. The summed E-state index contributed by atoms with van der Waals surface area (Å²) in [5.74, 6) is 0.759. The van der Waals surface area contributed by atoms with E-state index in [-0.39, 0.29) is 11.9 Å². The second-order valence-corrected chi connectivity index (χ2v) is 6.13. The Kier molecular flexibility index (Phi) is 6.98. The molecule has 0 spiro atoms. The molecule has 6 nitrogen and oxygen atoms in total. The molecule has 1 aromatic heterocycles. The fraction of sp³-hybridized carbons (Fsp3) is 0.400. The summed E-state index contributed by atoms with van der Waals surface area (Å²) in [5.41, 5.74) is 0.968. The van der Waals surface area contributed by atoms with Gasteiger partial charge in [0.15, 0.2) is 0 Å². The predicted octanol–water partition coefficient (Wildman–Crippen LogP) is 2.04. The fourth-order valence-corrected chi connectivity index (χ4v) is 2.96. The molecule has 0 bridgehead atoms. The molecule has 0 saturated carbocycles. The lowest BCUT2D eigenvalue weighted by atomic mass is 10.1. The second-order valence-electron chi connectivity index (χ2n) is 6.13. The number of morpholine rings is 1. The summed E-state index contributed by atoms with van der Waals surface area (Å²) in [4.78, 5) is 19.0. The number of amides is 1. The molecule has 138 valence electrons. The van der Waals surface area contributed by atoms with Crippen molar-refractivity contribution in [1.29, 1.82) is 0 Å². The number of hydrogen-bond acceptors (Lipinski definition) is 5. The topological polar surface area (TPSA) is 63.7 Å². The predicted molar refractivity (Wildman–Crippen MR) is 98.9 cm³/mol. The molecule has 0 aliphatic carbocycles. The SMILES string of the molecule is O=C(CCOc1ccccc1)NC[C@@H](c1ccccn1)N1CCOCC1. The summed E-state index contributed by atoms with van der Waals surface area (Å²) < 4.78 is 11.0. The first kappa shape index (κ1) is 18.4. The third-order valence-electron chi connectivity index (χ3n) is 4.35. The second kappa shape index (κ2) is 9.89. The molecule has 0 unspecified atom stereocenters. The Balaban J connectivity index is 1.49. The van der Waals surface area contributed by atoms with Gasteiger partial charge in [0.2, 0.25) is 5.91 Å². The molecule has 1 saturated heterocycles. The summed E-state index contributed by atoms with van der Waals surface area (Å²) in [6.45, 7) is 4.00. The van der Waals surface area contributed by atoms with Crippen LogP contribution in [0.25, 0.3) is 0 Å². The molecule has 26 heavy (non-hydrogen) atoms. The number of hydrogen-bond donors (Lipinski definition) is 1. The van der Waals surface area contributed by atoms with Gasteiger partial charge >= 0.3 is 0 Å². The smallest absolute Gasteiger partial charge is 0.223 e. The van der Waals surface area contributed by atoms with Gasteiger partial charge in [0.1, 0.15) is 5.75 Å². The molecule has 0 radical (unpaired) electrons. The van der Waals surface area contributed by atoms with Gasteiger partial charge in [0.05, 0.1) is 38.0 Å². The lowest BCUT2D eigenvalue weighted by Crippen LogP contribution is -2.44. The Labute approximate surface area is 154 Å². The van der Waals surface area contributed by atoms with Gasteiger partial charge in [-0.15, -0.1) is 0 Å². The number of aromatic nitrogens is 1. The highest BCUT2D eigenvalue weighted by Crippen LogP contribution is 2.19. The van der Waals surface area contributed by atoms with Crippen LogP contribution in [0.1, 0.15) is 18.2 Å². The number of ether oxygens (including phenoxy) is 2. The third-order valence-corrected chi connectivity index (χ3v) is 4.35. The molecule has 1 fully saturated rings. The molecule has 1 atom stereocenters. The van der Waals surface area contributed by atoms with E-state index in [2.05, 4.69) is 15.2 Å². The zero-order valence-electron chi connectivity index (χ0n) is 14.8. The number of rotatable bonds is 8. The number of nitrogens with zero attached hydrogens (tertiary/aromatic N) is 2. The molecule has 1 N–H and O–H groups in total. The average Bonchev–Trinajstić information content (AvgIpc) is 2.71. The van der Waals surface area contributed by atoms with Gasteiger partial charge in [0.25, 0.3) is 0 Å². The highest BCUT2D eigenvalue weighted by Gasteiger charge is 2.24. The summed E-state index contributed by atoms with van der Waals surface area (Å²) >= 11 is 0. The van der Waals surface area contributed by atoms with Crippen molar-refractivity contribution in [2.45, 2.75) is 12.5 Å². The minimum atomic E-state index is -0.0184. The standard InChI is InChI=1S/C20H25N3O3/c24-20(9-13-26-17-6-2-1-3-7-17)22-16-19(18-8-4-5-10-21-18)23-11-14-25-15-12-23/h1-8,10,19H,9,11-16H2,(H,22,24)/t19-/m0/s1. The van der Waals surface area contributed by atoms with Crippen molar-refractivity contribution in [3.8, 4) is 5.75 Å². The molecule has 3 rings (SSSR count). The van der Waals surface area contributed by atoms with Crippen LogP contribution in [0, 0.1) is 0 Å². The average molecular weight is 355 g/mol. The van der Waals surface area contributed by atoms with Crippen LogP contribution in [0.2, 0.25) is 0 Å². The van der Waals surface area contributed by atoms with Crippen LogP contribution in [0.3, 0.4) is 0 Å². The molecule has 1 aliphatic heterocycles. The van der Waals surface area contributed by atoms with Crippen molar-refractivity contribution in [1.82, 2.24) is 15.2 Å². The maximum Gasteiger partial charge on any atom is 0.223 e. The van der Waals surface area contributed by atoms with Gasteiger partial charge in [-0.25, -0.2) is 0 Å². The van der Waals surface area contributed by atoms with E-state index in [1.165, 1.54) is 0 Å². The number of carbonyl (C=O) groups excluding carboxylic acids is 1. The summed E-state index contributed by atoms with van der Waals surface area (Å²) in [5, 5.41) is 3.02. The summed E-state index contributed by atoms with van der Waals surface area (Å²) in [7, 11) is 0. The fourth-order valence-electron chi connectivity index (χ4n) is 2.96. The number of pyridine rings is 1. The number of benzene rings is 1. The quantitative estimate of drug-likeness (QED) is 0.785. The lowest BCUT2D eigenvalue weighted by molar-refractivity contribution is -0.121. The molecular weight excluding hydrogens is 330 g/mol. The maximum absolute atomic E-state index is 12.2. The summed E-state index contributed by atoms with van der Waals surface area (Å²) in [6.07, 6.45) is 2.12. The van der Waals surface area contributed by atoms with Crippen molar-refractivity contribution in [3.63, 3.8) is 0 Å². The molecule has 1 amide bonds. The number of nitrogens with one attached hydrogen (secondary N) is 1. The Hall–Kier alpha value is -2.44. The van der Waals surface area contributed by atoms with Crippen molar-refractivity contribution in [2.24, 2.45) is 0 Å². The molecule has 2 heterocycles. The van der Waals surface area contributed by atoms with E-state index in [9.17, 15) is 4.79 Å². The van der Waals surface area contributed by atoms with Crippen LogP contribution in [0.5, 0.6) is 5.75 Å². The van der Waals surface area contributed by atoms with Crippen LogP contribution >= 0.6 is 0 Å². The van der Waals surface area contributed by atoms with E-state index in [1.54, 1.807) is 6.20 Å². The van der Waals surface area contributed by atoms with Crippen molar-refractivity contribution in [3.05, 3.63) is 60.4 Å². The van der Waals surface area contributed by atoms with E-state index in [0.717, 1.165) is 24.5 Å². The van der Waals surface area contributed by atoms with Crippen molar-refractivity contribution < 1.29 is 14.3 Å². The highest BCUT2D eigenvalue weighted by molar-refractivity contribution is 5.76. The van der Waals surface area contributed by atoms with E-state index < -0.39 is 0 Å². The van der Waals surface area contributed by atoms with Crippen molar-refractivity contribution in [2.75, 3.05) is 39.5 Å². The Morgan fingerprint density at radius 1 is 1.15 bits per heavy atom. The summed E-state index contributed by atoms with van der Waals surface area (Å²) in [6, 6.07) is 15.5. The van der Waals surface area contributed by atoms with E-state index in [1.807, 2.05) is 48.5 Å². The maximum atomic E-state index is 12.2. The molecule has 2 aromatic rings. The van der Waals surface area contributed by atoms with E-state index in [4.69, 9.17) is 9.47 Å². The van der Waals surface area contributed by atoms with E-state index >= 15 is 0 Å². The normalized spacial score (nSPS) is 16.0. The van der Waals surface area contributed by atoms with Gasteiger partial charge in [-0.2, -0.15) is 0 Å². The van der Waals surface area contributed by atoms with E-state index in [0.29, 0.717) is 32.8 Å². The first-order valence-corrected chi connectivity index (χ1v) is 9.00. The minimum absolute atomic E-state index is 0.0184. The molecule has 6 heteroatoms. The van der Waals surface area contributed by atoms with Crippen LogP contribution < -0.4 is 10.1 Å². The van der Waals surface area contributed by atoms with Crippen molar-refractivity contribution >= 4 is 5.91 Å². The van der Waals surface area contributed by atoms with Gasteiger partial charge < -0.3 is 14.8 Å². The highest BCUT2D eigenvalue weighted by atomic mass is 16.5. The van der Waals surface area contributed by atoms with Gasteiger partial charge in [-0.1, -0.05) is 24.3 Å². The van der Waals surface area contributed by atoms with Crippen LogP contribution in [-0.4, -0.2) is 55.2 Å². The van der Waals surface area contributed by atoms with Gasteiger partial charge in [-0.05, 0) is 24.3 Å². The van der Waals surface area contributed by atoms with Gasteiger partial charge in [-0.3, -0.25) is 14.7 Å². The zero-order valence-corrected chi connectivity index (χ0v) is 14.8. The number of para-hydroxylation sites is 1. The molecule has 1 aromatic carbocycles. The van der Waals surface area contributed by atoms with Crippen LogP contribution in [0.4, 0.5) is 0 Å². The van der Waals surface area contributed by atoms with Gasteiger partial charge in [0, 0.05) is 25.8 Å². The third kappa shape index (κ3) is 5.54. The first-order valence-electron chi connectivity index (χ1n) is 9.00. The Bertz CT molecular complexity index is 661. The number of carbonyl (C=O) groups is 1. The lowest BCUT2D eigenvalue weighted by Gasteiger charge is -2.34. The Morgan fingerprint density at radius 2 is 1.92 bits per heavy atom. The Morgan fingerprint density at radius 3 is 2.65 bits per heavy atom. The first-order chi connectivity index (χ1) is 12.8. The molecule has 1 aliphatic rings. The zero-order chi connectivity index (χ0) is 18.0.